The fourth-order valence-corrected chi connectivity index (χ4v) is 3.34. The van der Waals surface area contributed by atoms with Crippen molar-refractivity contribution in [1.82, 2.24) is 4.98 Å². The number of oxazole rings is 1. The summed E-state index contributed by atoms with van der Waals surface area (Å²) in [6.07, 6.45) is 2.04. The van der Waals surface area contributed by atoms with Gasteiger partial charge in [0.25, 0.3) is 0 Å². The molecule has 0 aliphatic rings. The highest BCUT2D eigenvalue weighted by Crippen LogP contribution is 2.32. The first-order chi connectivity index (χ1) is 12.0. The predicted molar refractivity (Wildman–Crippen MR) is 100 cm³/mol. The highest BCUT2D eigenvalue weighted by Gasteiger charge is 2.23. The summed E-state index contributed by atoms with van der Waals surface area (Å²) in [4.78, 5) is 4.83. The summed E-state index contributed by atoms with van der Waals surface area (Å²) >= 11 is 0. The summed E-state index contributed by atoms with van der Waals surface area (Å²) in [7, 11) is 2.06. The lowest BCUT2D eigenvalue weighted by Crippen LogP contribution is -2.30. The van der Waals surface area contributed by atoms with Gasteiger partial charge in [0, 0.05) is 11.6 Å². The van der Waals surface area contributed by atoms with Crippen molar-refractivity contribution in [2.45, 2.75) is 20.8 Å². The fraction of sp³-hybridized carbons (Fsp3) is 0.182. The molecule has 0 unspecified atom stereocenters. The number of aromatic nitrogens is 2. The molecule has 0 bridgehead atoms. The summed E-state index contributed by atoms with van der Waals surface area (Å²) in [6.45, 7) is 6.46. The van der Waals surface area contributed by atoms with Crippen molar-refractivity contribution in [1.29, 1.82) is 0 Å². The Kier molecular flexibility index (Phi) is 3.65. The Hall–Kier alpha value is -2.94. The summed E-state index contributed by atoms with van der Waals surface area (Å²) in [6, 6.07) is 16.5. The number of rotatable bonds is 2. The number of fused-ring (bicyclic) bond motifs is 1. The maximum Gasteiger partial charge on any atom is 0.242 e. The number of hydrogen-bond donors (Lipinski definition) is 0. The molecule has 3 nitrogen and oxygen atoms in total. The highest BCUT2D eigenvalue weighted by molar-refractivity contribution is 5.89. The van der Waals surface area contributed by atoms with Gasteiger partial charge in [0.2, 0.25) is 11.6 Å². The van der Waals surface area contributed by atoms with Crippen LogP contribution in [0.25, 0.3) is 33.8 Å². The molecule has 0 amide bonds. The van der Waals surface area contributed by atoms with Crippen molar-refractivity contribution in [2.75, 3.05) is 0 Å². The second-order valence-corrected chi connectivity index (χ2v) is 6.63. The summed E-state index contributed by atoms with van der Waals surface area (Å²) in [5.74, 6) is 0.657. The molecule has 0 aliphatic carbocycles. The smallest absolute Gasteiger partial charge is 0.242 e. The van der Waals surface area contributed by atoms with Crippen LogP contribution in [0.15, 0.2) is 59.1 Å². The number of hydrogen-bond acceptors (Lipinski definition) is 2. The lowest BCUT2D eigenvalue weighted by molar-refractivity contribution is -0.659. The van der Waals surface area contributed by atoms with Gasteiger partial charge in [-0.2, -0.15) is 4.57 Å². The minimum atomic E-state index is 0.657. The molecule has 0 aliphatic heterocycles. The molecule has 0 spiro atoms. The van der Waals surface area contributed by atoms with Crippen LogP contribution in [0.1, 0.15) is 16.7 Å². The van der Waals surface area contributed by atoms with E-state index < -0.39 is 0 Å². The maximum absolute atomic E-state index is 6.05. The molecular weight excluding hydrogens is 308 g/mol. The SMILES string of the molecule is Cc1cc(C)c(C)c(-c2c3nc(-c4ccccc4)oc3cc[n+]2C)c1. The molecule has 124 valence electrons. The molecular formula is C22H21N2O+. The minimum Gasteiger partial charge on any atom is -0.436 e. The van der Waals surface area contributed by atoms with Gasteiger partial charge >= 0.3 is 0 Å². The Morgan fingerprint density at radius 1 is 0.960 bits per heavy atom. The second-order valence-electron chi connectivity index (χ2n) is 6.63. The quantitative estimate of drug-likeness (QED) is 0.489. The minimum absolute atomic E-state index is 0.657. The number of nitrogens with zero attached hydrogens (tertiary/aromatic N) is 2. The van der Waals surface area contributed by atoms with Crippen molar-refractivity contribution in [3.05, 3.63) is 71.4 Å². The number of benzene rings is 2. The van der Waals surface area contributed by atoms with Crippen LogP contribution in [0.5, 0.6) is 0 Å². The van der Waals surface area contributed by atoms with E-state index in [1.54, 1.807) is 0 Å². The summed E-state index contributed by atoms with van der Waals surface area (Å²) in [5, 5.41) is 0. The van der Waals surface area contributed by atoms with E-state index in [9.17, 15) is 0 Å². The summed E-state index contributed by atoms with van der Waals surface area (Å²) in [5.41, 5.74) is 8.82. The molecule has 0 saturated carbocycles. The first kappa shape index (κ1) is 15.6. The summed E-state index contributed by atoms with van der Waals surface area (Å²) < 4.78 is 8.17. The molecule has 4 aromatic rings. The van der Waals surface area contributed by atoms with E-state index in [0.29, 0.717) is 5.89 Å². The number of pyridine rings is 1. The van der Waals surface area contributed by atoms with E-state index >= 15 is 0 Å². The van der Waals surface area contributed by atoms with E-state index in [0.717, 1.165) is 22.4 Å². The van der Waals surface area contributed by atoms with Crippen molar-refractivity contribution in [3.8, 4) is 22.7 Å². The van der Waals surface area contributed by atoms with Gasteiger partial charge in [-0.05, 0) is 50.1 Å². The van der Waals surface area contributed by atoms with Crippen LogP contribution in [0.2, 0.25) is 0 Å². The van der Waals surface area contributed by atoms with Gasteiger partial charge in [-0.1, -0.05) is 29.8 Å². The van der Waals surface area contributed by atoms with Crippen molar-refractivity contribution in [3.63, 3.8) is 0 Å². The van der Waals surface area contributed by atoms with Gasteiger partial charge in [0.1, 0.15) is 7.05 Å². The monoisotopic (exact) mass is 329 g/mol. The molecule has 0 radical (unpaired) electrons. The zero-order valence-corrected chi connectivity index (χ0v) is 15.0. The molecule has 25 heavy (non-hydrogen) atoms. The van der Waals surface area contributed by atoms with Crippen molar-refractivity contribution < 1.29 is 8.98 Å². The third kappa shape index (κ3) is 2.62. The van der Waals surface area contributed by atoms with E-state index in [2.05, 4.69) is 44.5 Å². The van der Waals surface area contributed by atoms with Crippen LogP contribution < -0.4 is 4.57 Å². The normalized spacial score (nSPS) is 11.2. The van der Waals surface area contributed by atoms with Gasteiger partial charge in [-0.3, -0.25) is 0 Å². The fourth-order valence-electron chi connectivity index (χ4n) is 3.34. The van der Waals surface area contributed by atoms with Gasteiger partial charge in [0.15, 0.2) is 17.3 Å². The lowest BCUT2D eigenvalue weighted by Gasteiger charge is -2.09. The van der Waals surface area contributed by atoms with Gasteiger partial charge in [-0.25, -0.2) is 4.98 Å². The number of aryl methyl sites for hydroxylation is 3. The van der Waals surface area contributed by atoms with Gasteiger partial charge in [-0.15, -0.1) is 0 Å². The van der Waals surface area contributed by atoms with E-state index in [4.69, 9.17) is 9.40 Å². The predicted octanol–water partition coefficient (Wildman–Crippen LogP) is 4.91. The van der Waals surface area contributed by atoms with Crippen LogP contribution in [0.3, 0.4) is 0 Å². The Bertz CT molecular complexity index is 1080. The molecule has 0 atom stereocenters. The van der Waals surface area contributed by atoms with Crippen molar-refractivity contribution >= 4 is 11.1 Å². The largest absolute Gasteiger partial charge is 0.436 e. The van der Waals surface area contributed by atoms with Crippen LogP contribution in [0, 0.1) is 20.8 Å². The molecule has 4 rings (SSSR count). The average Bonchev–Trinajstić information content (AvgIpc) is 3.03. The Balaban J connectivity index is 2.02. The maximum atomic E-state index is 6.05. The van der Waals surface area contributed by atoms with Crippen molar-refractivity contribution in [2.24, 2.45) is 7.05 Å². The van der Waals surface area contributed by atoms with Crippen LogP contribution in [-0.2, 0) is 7.05 Å². The second kappa shape index (κ2) is 5.85. The van der Waals surface area contributed by atoms with Crippen LogP contribution >= 0.6 is 0 Å². The molecule has 0 saturated heterocycles. The standard InChI is InChI=1S/C22H21N2O/c1-14-12-15(2)16(3)18(13-14)21-20-19(10-11-24(21)4)25-22(23-20)17-8-6-5-7-9-17/h5-13H,1-4H3/q+1. The highest BCUT2D eigenvalue weighted by atomic mass is 16.3. The Labute approximate surface area is 147 Å². The van der Waals surface area contributed by atoms with E-state index in [1.165, 1.54) is 22.3 Å². The third-order valence-electron chi connectivity index (χ3n) is 4.77. The first-order valence-electron chi connectivity index (χ1n) is 8.47. The van der Waals surface area contributed by atoms with Crippen LogP contribution in [0.4, 0.5) is 0 Å². The lowest BCUT2D eigenvalue weighted by atomic mass is 9.97. The molecule has 0 fully saturated rings. The average molecular weight is 329 g/mol. The molecule has 0 N–H and O–H groups in total. The van der Waals surface area contributed by atoms with Gasteiger partial charge in [0.05, 0.1) is 5.56 Å². The zero-order valence-electron chi connectivity index (χ0n) is 15.0. The zero-order chi connectivity index (χ0) is 17.6. The third-order valence-corrected chi connectivity index (χ3v) is 4.77. The Morgan fingerprint density at radius 3 is 2.48 bits per heavy atom. The van der Waals surface area contributed by atoms with E-state index in [1.807, 2.05) is 42.6 Å². The van der Waals surface area contributed by atoms with E-state index in [-0.39, 0.29) is 0 Å². The van der Waals surface area contributed by atoms with Crippen LogP contribution in [-0.4, -0.2) is 4.98 Å². The molecule has 3 heteroatoms. The van der Waals surface area contributed by atoms with Gasteiger partial charge < -0.3 is 4.42 Å². The molecule has 2 aromatic carbocycles. The molecule has 2 heterocycles. The topological polar surface area (TPSA) is 29.9 Å². The molecule has 2 aromatic heterocycles. The Morgan fingerprint density at radius 2 is 1.72 bits per heavy atom. The first-order valence-corrected chi connectivity index (χ1v) is 8.47.